The van der Waals surface area contributed by atoms with Crippen molar-refractivity contribution in [2.24, 2.45) is 5.92 Å². The summed E-state index contributed by atoms with van der Waals surface area (Å²) in [6, 6.07) is 8.31. The number of carbonyl (C=O) groups is 1. The van der Waals surface area contributed by atoms with E-state index >= 15 is 0 Å². The molecule has 0 spiro atoms. The van der Waals surface area contributed by atoms with Crippen LogP contribution in [0.2, 0.25) is 0 Å². The Morgan fingerprint density at radius 1 is 1.15 bits per heavy atom. The number of hydrogen-bond acceptors (Lipinski definition) is 3. The molecule has 0 fully saturated rings. The van der Waals surface area contributed by atoms with Crippen LogP contribution in [0.3, 0.4) is 0 Å². The summed E-state index contributed by atoms with van der Waals surface area (Å²) in [6.45, 7) is 11.5. The van der Waals surface area contributed by atoms with E-state index in [0.717, 1.165) is 24.2 Å². The first-order valence-corrected chi connectivity index (χ1v) is 9.62. The number of aryl methyl sites for hydroxylation is 2. The van der Waals surface area contributed by atoms with Crippen LogP contribution in [0.1, 0.15) is 53.1 Å². The average molecular weight is 388 g/mol. The minimum atomic E-state index is -0.242. The number of carbonyl (C=O) groups excluding carboxylic acids is 1. The molecule has 1 heterocycles. The summed E-state index contributed by atoms with van der Waals surface area (Å²) in [7, 11) is 0. The highest BCUT2D eigenvalue weighted by Crippen LogP contribution is 2.15. The first-order chi connectivity index (χ1) is 12.8. The minimum Gasteiger partial charge on any atom is -0.361 e. The van der Waals surface area contributed by atoms with E-state index in [1.54, 1.807) is 0 Å². The third-order valence-corrected chi connectivity index (χ3v) is 4.60. The summed E-state index contributed by atoms with van der Waals surface area (Å²) in [5.41, 5.74) is 9.87. The van der Waals surface area contributed by atoms with Crippen molar-refractivity contribution in [3.8, 4) is 0 Å². The molecule has 0 radical (unpaired) electrons. The lowest BCUT2D eigenvalue weighted by Crippen LogP contribution is -2.47. The molecule has 0 saturated carbocycles. The van der Waals surface area contributed by atoms with Crippen molar-refractivity contribution in [2.45, 2.75) is 47.6 Å². The van der Waals surface area contributed by atoms with Crippen LogP contribution in [0.4, 0.5) is 0 Å². The summed E-state index contributed by atoms with van der Waals surface area (Å²) in [5, 5.41) is 8.01. The fourth-order valence-electron chi connectivity index (χ4n) is 2.74. The number of nitrogens with one attached hydrogen (secondary N) is 3. The van der Waals surface area contributed by atoms with E-state index in [-0.39, 0.29) is 5.91 Å². The number of nitrogens with zero attached hydrogens (tertiary/aromatic N) is 2. The first kappa shape index (κ1) is 20.9. The van der Waals surface area contributed by atoms with Gasteiger partial charge in [0.05, 0.1) is 17.8 Å². The fourth-order valence-corrected chi connectivity index (χ4v) is 2.89. The highest BCUT2D eigenvalue weighted by atomic mass is 32.1. The van der Waals surface area contributed by atoms with Gasteiger partial charge in [0.25, 0.3) is 5.91 Å². The largest absolute Gasteiger partial charge is 0.361 e. The predicted octanol–water partition coefficient (Wildman–Crippen LogP) is 3.01. The average Bonchev–Trinajstić information content (AvgIpc) is 2.88. The van der Waals surface area contributed by atoms with E-state index in [9.17, 15) is 4.79 Å². The Hall–Kier alpha value is -2.41. The lowest BCUT2D eigenvalue weighted by molar-refractivity contribution is 0.0942. The van der Waals surface area contributed by atoms with E-state index in [4.69, 9.17) is 12.2 Å². The quantitative estimate of drug-likeness (QED) is 0.525. The molecule has 0 atom stereocenters. The number of benzene rings is 1. The maximum atomic E-state index is 12.6. The topological polar surface area (TPSA) is 71.0 Å². The van der Waals surface area contributed by atoms with Gasteiger partial charge in [-0.1, -0.05) is 43.7 Å². The molecule has 0 aliphatic carbocycles. The second-order valence-electron chi connectivity index (χ2n) is 7.21. The van der Waals surface area contributed by atoms with E-state index in [1.165, 1.54) is 5.56 Å². The Morgan fingerprint density at radius 2 is 1.81 bits per heavy atom. The van der Waals surface area contributed by atoms with Crippen LogP contribution in [0, 0.1) is 26.7 Å². The molecule has 2 aromatic rings. The molecule has 1 amide bonds. The lowest BCUT2D eigenvalue weighted by Gasteiger charge is -2.12. The number of hydrogen-bond donors (Lipinski definition) is 3. The van der Waals surface area contributed by atoms with Crippen molar-refractivity contribution in [3.63, 3.8) is 0 Å². The van der Waals surface area contributed by atoms with Gasteiger partial charge >= 0.3 is 0 Å². The van der Waals surface area contributed by atoms with Crippen molar-refractivity contribution < 1.29 is 4.79 Å². The van der Waals surface area contributed by atoms with Crippen LogP contribution in [-0.2, 0) is 6.54 Å². The number of hydrazine groups is 1. The number of aromatic nitrogens is 2. The molecule has 0 bridgehead atoms. The Kier molecular flexibility index (Phi) is 7.36. The Morgan fingerprint density at radius 3 is 2.44 bits per heavy atom. The molecule has 1 aromatic heterocycles. The van der Waals surface area contributed by atoms with Gasteiger partial charge in [-0.2, -0.15) is 5.10 Å². The monoisotopic (exact) mass is 387 g/mol. The molecule has 146 valence electrons. The summed E-state index contributed by atoms with van der Waals surface area (Å²) in [6.07, 6.45) is 1.01. The maximum absolute atomic E-state index is 12.6. The van der Waals surface area contributed by atoms with Gasteiger partial charge in [-0.05, 0) is 50.9 Å². The molecule has 27 heavy (non-hydrogen) atoms. The minimum absolute atomic E-state index is 0.242. The van der Waals surface area contributed by atoms with Crippen LogP contribution < -0.4 is 16.2 Å². The van der Waals surface area contributed by atoms with Crippen LogP contribution in [0.5, 0.6) is 0 Å². The second kappa shape index (κ2) is 9.50. The zero-order chi connectivity index (χ0) is 20.0. The van der Waals surface area contributed by atoms with Gasteiger partial charge < -0.3 is 5.32 Å². The van der Waals surface area contributed by atoms with E-state index < -0.39 is 0 Å². The van der Waals surface area contributed by atoms with Crippen molar-refractivity contribution in [1.82, 2.24) is 25.9 Å². The van der Waals surface area contributed by atoms with Gasteiger partial charge in [0.2, 0.25) is 0 Å². The van der Waals surface area contributed by atoms with Crippen LogP contribution in [0.15, 0.2) is 24.3 Å². The van der Waals surface area contributed by atoms with Crippen LogP contribution in [-0.4, -0.2) is 27.3 Å². The van der Waals surface area contributed by atoms with E-state index in [1.807, 2.05) is 18.5 Å². The summed E-state index contributed by atoms with van der Waals surface area (Å²) in [4.78, 5) is 12.6. The molecular formula is C20H29N5OS. The van der Waals surface area contributed by atoms with Crippen LogP contribution >= 0.6 is 12.2 Å². The SMILES string of the molecule is Cc1ccc(Cn2nc(C)c(C(=O)NNC(=S)NCCC(C)C)c2C)cc1. The summed E-state index contributed by atoms with van der Waals surface area (Å²) >= 11 is 5.18. The molecule has 1 aromatic carbocycles. The normalized spacial score (nSPS) is 10.7. The van der Waals surface area contributed by atoms with Crippen molar-refractivity contribution in [2.75, 3.05) is 6.54 Å². The lowest BCUT2D eigenvalue weighted by atomic mass is 10.1. The number of thiocarbonyl (C=S) groups is 1. The van der Waals surface area contributed by atoms with Gasteiger partial charge in [0.1, 0.15) is 0 Å². The highest BCUT2D eigenvalue weighted by Gasteiger charge is 2.18. The summed E-state index contributed by atoms with van der Waals surface area (Å²) in [5.74, 6) is 0.354. The third-order valence-electron chi connectivity index (χ3n) is 4.36. The molecule has 0 saturated heterocycles. The van der Waals surface area contributed by atoms with Crippen LogP contribution in [0.25, 0.3) is 0 Å². The highest BCUT2D eigenvalue weighted by molar-refractivity contribution is 7.80. The first-order valence-electron chi connectivity index (χ1n) is 9.21. The fraction of sp³-hybridized carbons (Fsp3) is 0.450. The van der Waals surface area contributed by atoms with Crippen molar-refractivity contribution in [1.29, 1.82) is 0 Å². The Labute approximate surface area is 166 Å². The molecule has 6 nitrogen and oxygen atoms in total. The Bertz CT molecular complexity index is 795. The molecule has 2 rings (SSSR count). The zero-order valence-electron chi connectivity index (χ0n) is 16.7. The molecule has 7 heteroatoms. The molecule has 3 N–H and O–H groups in total. The molecule has 0 unspecified atom stereocenters. The Balaban J connectivity index is 1.97. The molecule has 0 aliphatic rings. The summed E-state index contributed by atoms with van der Waals surface area (Å²) < 4.78 is 1.86. The van der Waals surface area contributed by atoms with Gasteiger partial charge in [-0.15, -0.1) is 0 Å². The van der Waals surface area contributed by atoms with Gasteiger partial charge in [-0.25, -0.2) is 0 Å². The van der Waals surface area contributed by atoms with Crippen molar-refractivity contribution >= 4 is 23.2 Å². The van der Waals surface area contributed by atoms with E-state index in [2.05, 4.69) is 66.3 Å². The van der Waals surface area contributed by atoms with Crippen molar-refractivity contribution in [3.05, 3.63) is 52.3 Å². The number of rotatable bonds is 6. The molecule has 0 aliphatic heterocycles. The third kappa shape index (κ3) is 6.06. The van der Waals surface area contributed by atoms with E-state index in [0.29, 0.717) is 28.8 Å². The van der Waals surface area contributed by atoms with Gasteiger partial charge in [0.15, 0.2) is 5.11 Å². The predicted molar refractivity (Wildman–Crippen MR) is 113 cm³/mol. The zero-order valence-corrected chi connectivity index (χ0v) is 17.5. The maximum Gasteiger partial charge on any atom is 0.273 e. The standard InChI is InChI=1S/C20H29N5OS/c1-13(2)10-11-21-20(27)23-22-19(26)18-15(4)24-25(16(18)5)12-17-8-6-14(3)7-9-17/h6-9,13H,10-12H2,1-5H3,(H,22,26)(H2,21,23,27). The smallest absolute Gasteiger partial charge is 0.273 e. The van der Waals surface area contributed by atoms with Gasteiger partial charge in [-0.3, -0.25) is 20.3 Å². The second-order valence-corrected chi connectivity index (χ2v) is 7.61. The van der Waals surface area contributed by atoms with Gasteiger partial charge in [0, 0.05) is 12.2 Å². The number of amides is 1. The molecular weight excluding hydrogens is 358 g/mol.